The molecule has 5 nitrogen and oxygen atoms in total. The van der Waals surface area contributed by atoms with E-state index in [4.69, 9.17) is 16.3 Å². The van der Waals surface area contributed by atoms with Crippen LogP contribution in [0.4, 0.5) is 17.1 Å². The van der Waals surface area contributed by atoms with Crippen LogP contribution in [0.25, 0.3) is 17.2 Å². The number of anilines is 2. The Morgan fingerprint density at radius 1 is 1.03 bits per heavy atom. The summed E-state index contributed by atoms with van der Waals surface area (Å²) in [5.74, 6) is 0. The Kier molecular flexibility index (Phi) is 5.66. The minimum absolute atomic E-state index is 0.108. The molecule has 31 heavy (non-hydrogen) atoms. The average Bonchev–Trinajstić information content (AvgIpc) is 3.27. The summed E-state index contributed by atoms with van der Waals surface area (Å²) in [6.07, 6.45) is 4.96. The van der Waals surface area contributed by atoms with Gasteiger partial charge in [-0.25, -0.2) is 5.21 Å². The molecular formula is C25H25ClN3O2+. The monoisotopic (exact) mass is 434 g/mol. The van der Waals surface area contributed by atoms with Gasteiger partial charge in [-0.2, -0.15) is 5.48 Å². The van der Waals surface area contributed by atoms with Gasteiger partial charge in [0.15, 0.2) is 5.69 Å². The zero-order chi connectivity index (χ0) is 21.2. The predicted molar refractivity (Wildman–Crippen MR) is 125 cm³/mol. The van der Waals surface area contributed by atoms with E-state index in [0.717, 1.165) is 58.3 Å². The number of benzene rings is 3. The van der Waals surface area contributed by atoms with E-state index in [9.17, 15) is 5.21 Å². The highest BCUT2D eigenvalue weighted by Gasteiger charge is 2.28. The fourth-order valence-electron chi connectivity index (χ4n) is 4.30. The summed E-state index contributed by atoms with van der Waals surface area (Å²) in [5.41, 5.74) is 7.37. The molecule has 0 amide bonds. The molecule has 1 unspecified atom stereocenters. The van der Waals surface area contributed by atoms with Crippen LogP contribution in [-0.4, -0.2) is 30.6 Å². The summed E-state index contributed by atoms with van der Waals surface area (Å²) in [6.45, 7) is 1.67. The highest BCUT2D eigenvalue weighted by atomic mass is 35.5. The minimum Gasteiger partial charge on any atom is -0.364 e. The lowest BCUT2D eigenvalue weighted by molar-refractivity contribution is -0.825. The number of fused-ring (bicyclic) bond motifs is 1. The topological polar surface area (TPSA) is 61.3 Å². The van der Waals surface area contributed by atoms with Crippen LogP contribution < -0.4 is 15.7 Å². The molecule has 2 aliphatic rings. The van der Waals surface area contributed by atoms with E-state index in [0.29, 0.717) is 0 Å². The van der Waals surface area contributed by atoms with Crippen LogP contribution in [0.2, 0.25) is 5.02 Å². The number of nitrogens with one attached hydrogen (secondary N) is 1. The van der Waals surface area contributed by atoms with Gasteiger partial charge >= 0.3 is 0 Å². The minimum atomic E-state index is -0.164. The van der Waals surface area contributed by atoms with Gasteiger partial charge in [-0.15, -0.1) is 0 Å². The van der Waals surface area contributed by atoms with E-state index in [1.54, 1.807) is 0 Å². The SMILES string of the molecule is O[NH2+]c1cc(-c2ccccc2)ccc1N1CC[C@H](OC2C=Cc3cc(Cl)ccc3N2)C1. The van der Waals surface area contributed by atoms with Gasteiger partial charge in [0.2, 0.25) is 0 Å². The van der Waals surface area contributed by atoms with Crippen molar-refractivity contribution in [2.75, 3.05) is 23.3 Å². The second-order valence-corrected chi connectivity index (χ2v) is 8.35. The Hall–Kier alpha value is -2.83. The molecule has 0 aliphatic carbocycles. The number of nitrogens with zero attached hydrogens (tertiary/aromatic N) is 1. The highest BCUT2D eigenvalue weighted by molar-refractivity contribution is 6.30. The van der Waals surface area contributed by atoms with Crippen molar-refractivity contribution in [2.24, 2.45) is 0 Å². The van der Waals surface area contributed by atoms with E-state index in [2.05, 4.69) is 40.6 Å². The van der Waals surface area contributed by atoms with Crippen LogP contribution in [0.5, 0.6) is 0 Å². The molecule has 3 aromatic carbocycles. The van der Waals surface area contributed by atoms with E-state index >= 15 is 0 Å². The average molecular weight is 435 g/mol. The van der Waals surface area contributed by atoms with Gasteiger partial charge < -0.3 is 15.0 Å². The van der Waals surface area contributed by atoms with Crippen molar-refractivity contribution >= 4 is 34.7 Å². The van der Waals surface area contributed by atoms with Gasteiger partial charge in [-0.3, -0.25) is 0 Å². The van der Waals surface area contributed by atoms with Crippen molar-refractivity contribution in [2.45, 2.75) is 18.8 Å². The second-order valence-electron chi connectivity index (χ2n) is 7.92. The molecule has 2 atom stereocenters. The molecule has 3 aromatic rings. The first-order valence-corrected chi connectivity index (χ1v) is 10.9. The Morgan fingerprint density at radius 2 is 1.90 bits per heavy atom. The Balaban J connectivity index is 1.26. The predicted octanol–water partition coefficient (Wildman–Crippen LogP) is 4.65. The maximum atomic E-state index is 9.88. The molecule has 0 saturated carbocycles. The lowest BCUT2D eigenvalue weighted by Crippen LogP contribution is -2.74. The Morgan fingerprint density at radius 3 is 2.74 bits per heavy atom. The van der Waals surface area contributed by atoms with Crippen LogP contribution in [0.1, 0.15) is 12.0 Å². The number of hydrogen-bond donors (Lipinski definition) is 3. The molecule has 5 rings (SSSR count). The summed E-state index contributed by atoms with van der Waals surface area (Å²) in [7, 11) is 0. The van der Waals surface area contributed by atoms with Crippen molar-refractivity contribution in [3.05, 3.63) is 83.4 Å². The quantitative estimate of drug-likeness (QED) is 0.404. The van der Waals surface area contributed by atoms with Gasteiger partial charge in [-0.1, -0.05) is 54.1 Å². The summed E-state index contributed by atoms with van der Waals surface area (Å²) in [5, 5.41) is 14.0. The van der Waals surface area contributed by atoms with Gasteiger partial charge in [0.1, 0.15) is 11.9 Å². The van der Waals surface area contributed by atoms with Crippen LogP contribution in [0.3, 0.4) is 0 Å². The van der Waals surface area contributed by atoms with Crippen LogP contribution >= 0.6 is 11.6 Å². The molecule has 2 heterocycles. The van der Waals surface area contributed by atoms with Crippen molar-refractivity contribution in [1.29, 1.82) is 0 Å². The normalized spacial score (nSPS) is 19.9. The molecule has 1 saturated heterocycles. The lowest BCUT2D eigenvalue weighted by atomic mass is 10.0. The van der Waals surface area contributed by atoms with E-state index in [1.165, 1.54) is 5.48 Å². The fourth-order valence-corrected chi connectivity index (χ4v) is 4.48. The molecule has 2 aliphatic heterocycles. The highest BCUT2D eigenvalue weighted by Crippen LogP contribution is 2.32. The molecule has 0 aromatic heterocycles. The number of hydrogen-bond acceptors (Lipinski definition) is 4. The van der Waals surface area contributed by atoms with Crippen LogP contribution in [0, 0.1) is 0 Å². The van der Waals surface area contributed by atoms with E-state index in [1.807, 2.05) is 48.5 Å². The third-order valence-electron chi connectivity index (χ3n) is 5.86. The molecular weight excluding hydrogens is 410 g/mol. The van der Waals surface area contributed by atoms with Crippen molar-refractivity contribution in [3.8, 4) is 11.1 Å². The fraction of sp³-hybridized carbons (Fsp3) is 0.200. The van der Waals surface area contributed by atoms with Gasteiger partial charge in [0, 0.05) is 29.9 Å². The third-order valence-corrected chi connectivity index (χ3v) is 6.10. The standard InChI is InChI=1S/C25H24ClN3O2/c26-20-8-9-22-19(14-20)7-11-25(27-22)31-21-12-13-29(16-21)24-10-6-18(15-23(24)28-30)17-4-2-1-3-5-17/h1-11,14-15,21,25,27-28,30H,12-13,16H2/p+1/t21-,25?/m0/s1. The molecule has 158 valence electrons. The molecule has 0 radical (unpaired) electrons. The van der Waals surface area contributed by atoms with Crippen molar-refractivity contribution in [3.63, 3.8) is 0 Å². The summed E-state index contributed by atoms with van der Waals surface area (Å²) < 4.78 is 6.31. The first kappa shape index (κ1) is 20.1. The van der Waals surface area contributed by atoms with Gasteiger partial charge in [-0.05, 0) is 53.5 Å². The van der Waals surface area contributed by atoms with Crippen LogP contribution in [0.15, 0.2) is 72.8 Å². The maximum Gasteiger partial charge on any atom is 0.185 e. The molecule has 0 bridgehead atoms. The molecule has 1 fully saturated rings. The number of nitrogens with two attached hydrogens (primary N) is 1. The molecule has 4 N–H and O–H groups in total. The zero-order valence-corrected chi connectivity index (χ0v) is 17.8. The Bertz CT molecular complexity index is 1100. The van der Waals surface area contributed by atoms with Crippen molar-refractivity contribution < 1.29 is 15.4 Å². The zero-order valence-electron chi connectivity index (χ0n) is 17.0. The molecule has 6 heteroatoms. The first-order valence-electron chi connectivity index (χ1n) is 10.5. The summed E-state index contributed by atoms with van der Waals surface area (Å²) in [6, 6.07) is 22.2. The van der Waals surface area contributed by atoms with Crippen LogP contribution in [-0.2, 0) is 4.74 Å². The second kappa shape index (κ2) is 8.73. The maximum absolute atomic E-state index is 9.88. The summed E-state index contributed by atoms with van der Waals surface area (Å²) in [4.78, 5) is 2.28. The van der Waals surface area contributed by atoms with E-state index < -0.39 is 0 Å². The number of ether oxygens (including phenoxy) is 1. The largest absolute Gasteiger partial charge is 0.364 e. The summed E-state index contributed by atoms with van der Waals surface area (Å²) >= 11 is 6.08. The van der Waals surface area contributed by atoms with Gasteiger partial charge in [0.05, 0.1) is 6.10 Å². The third kappa shape index (κ3) is 4.31. The lowest BCUT2D eigenvalue weighted by Gasteiger charge is -2.26. The Labute approximate surface area is 186 Å². The van der Waals surface area contributed by atoms with Crippen molar-refractivity contribution in [1.82, 2.24) is 0 Å². The smallest absolute Gasteiger partial charge is 0.185 e. The number of quaternary nitrogens is 1. The number of halogens is 1. The number of rotatable bonds is 5. The van der Waals surface area contributed by atoms with E-state index in [-0.39, 0.29) is 12.3 Å². The van der Waals surface area contributed by atoms with Gasteiger partial charge in [0.25, 0.3) is 0 Å². The molecule has 0 spiro atoms. The first-order chi connectivity index (χ1) is 15.2.